The van der Waals surface area contributed by atoms with Crippen molar-refractivity contribution in [2.75, 3.05) is 17.3 Å². The quantitative estimate of drug-likeness (QED) is 0.300. The fourth-order valence-corrected chi connectivity index (χ4v) is 4.97. The molecule has 2 aliphatic rings. The summed E-state index contributed by atoms with van der Waals surface area (Å²) in [5.41, 5.74) is 2.37. The van der Waals surface area contributed by atoms with E-state index in [0.717, 1.165) is 25.7 Å². The van der Waals surface area contributed by atoms with Gasteiger partial charge in [0, 0.05) is 30.0 Å². The second-order valence-corrected chi connectivity index (χ2v) is 10.4. The smallest absolute Gasteiger partial charge is 0.416 e. The second-order valence-electron chi connectivity index (χ2n) is 9.98. The highest BCUT2D eigenvalue weighted by Crippen LogP contribution is 2.32. The fraction of sp³-hybridized carbons (Fsp3) is 0.370. The van der Waals surface area contributed by atoms with Crippen LogP contribution in [0, 0.1) is 11.3 Å². The Morgan fingerprint density at radius 1 is 1.02 bits per heavy atom. The molecular weight excluding hydrogens is 562 g/mol. The third kappa shape index (κ3) is 5.91. The molecule has 1 amide bonds. The van der Waals surface area contributed by atoms with Crippen LogP contribution in [0.5, 0.6) is 6.01 Å². The van der Waals surface area contributed by atoms with E-state index < -0.39 is 6.09 Å². The minimum Gasteiger partial charge on any atom is -0.467 e. The highest BCUT2D eigenvalue weighted by molar-refractivity contribution is 6.32. The van der Waals surface area contributed by atoms with Gasteiger partial charge in [-0.1, -0.05) is 11.6 Å². The van der Waals surface area contributed by atoms with Crippen LogP contribution >= 0.6 is 11.6 Å². The van der Waals surface area contributed by atoms with E-state index in [1.54, 1.807) is 29.7 Å². The number of methoxy groups -OCH3 is 1. The second kappa shape index (κ2) is 11.9. The number of halogens is 1. The maximum atomic E-state index is 13.3. The number of nitriles is 1. The maximum absolute atomic E-state index is 13.3. The fourth-order valence-electron chi connectivity index (χ4n) is 4.79. The van der Waals surface area contributed by atoms with Gasteiger partial charge in [0.15, 0.2) is 5.82 Å². The molecule has 0 unspecified atom stereocenters. The summed E-state index contributed by atoms with van der Waals surface area (Å²) in [6, 6.07) is 2.29. The zero-order valence-electron chi connectivity index (χ0n) is 22.6. The standard InChI is InChI=1S/C27H26ClN11O3/c1-41-26-33-10-16(11-34-26)21-13-31-22(14-30-21)39(27(40)42-19-6-7-19)18-4-2-17(3-5-18)36-25-32-9-15(8-29)23(37-25)24-20(28)12-35-38-24/h9-14,17-19H,2-7H2,1H3,(H,35,38)(H,32,36,37). The first-order valence-corrected chi connectivity index (χ1v) is 13.8. The molecule has 4 aromatic heterocycles. The highest BCUT2D eigenvalue weighted by Gasteiger charge is 2.35. The first kappa shape index (κ1) is 27.3. The maximum Gasteiger partial charge on any atom is 0.416 e. The van der Waals surface area contributed by atoms with Gasteiger partial charge in [-0.25, -0.2) is 29.7 Å². The molecule has 0 aliphatic heterocycles. The third-order valence-electron chi connectivity index (χ3n) is 7.11. The largest absolute Gasteiger partial charge is 0.467 e. The number of nitrogens with zero attached hydrogens (tertiary/aromatic N) is 9. The van der Waals surface area contributed by atoms with Crippen molar-refractivity contribution in [3.63, 3.8) is 0 Å². The lowest BCUT2D eigenvalue weighted by molar-refractivity contribution is 0.141. The SMILES string of the molecule is COc1ncc(-c2cnc(N(C(=O)OC3CC3)C3CCC(Nc4ncc(C#N)c(-c5[nH]ncc5Cl)n4)CC3)cn2)cn1. The summed E-state index contributed by atoms with van der Waals surface area (Å²) in [5.74, 6) is 0.804. The average molecular weight is 588 g/mol. The highest BCUT2D eigenvalue weighted by atomic mass is 35.5. The van der Waals surface area contributed by atoms with Gasteiger partial charge in [0.1, 0.15) is 23.6 Å². The van der Waals surface area contributed by atoms with E-state index in [1.807, 2.05) is 0 Å². The van der Waals surface area contributed by atoms with Gasteiger partial charge in [-0.15, -0.1) is 0 Å². The number of hydrogen-bond donors (Lipinski definition) is 2. The van der Waals surface area contributed by atoms with Gasteiger partial charge in [0.2, 0.25) is 5.95 Å². The van der Waals surface area contributed by atoms with Crippen molar-refractivity contribution in [3.05, 3.63) is 47.8 Å². The Bertz CT molecular complexity index is 1600. The lowest BCUT2D eigenvalue weighted by Crippen LogP contribution is -2.45. The molecule has 0 atom stereocenters. The van der Waals surface area contributed by atoms with Gasteiger partial charge in [-0.05, 0) is 38.5 Å². The van der Waals surface area contributed by atoms with Gasteiger partial charge in [0.25, 0.3) is 0 Å². The Balaban J connectivity index is 1.15. The van der Waals surface area contributed by atoms with E-state index in [9.17, 15) is 10.1 Å². The summed E-state index contributed by atoms with van der Waals surface area (Å²) in [5, 5.41) is 19.9. The number of rotatable bonds is 8. The van der Waals surface area contributed by atoms with Crippen LogP contribution in [-0.2, 0) is 4.74 Å². The van der Waals surface area contributed by atoms with Crippen molar-refractivity contribution < 1.29 is 14.3 Å². The van der Waals surface area contributed by atoms with Crippen molar-refractivity contribution in [1.82, 2.24) is 40.1 Å². The molecule has 14 nitrogen and oxygen atoms in total. The normalized spacial score (nSPS) is 18.1. The van der Waals surface area contributed by atoms with Gasteiger partial charge < -0.3 is 14.8 Å². The molecule has 2 saturated carbocycles. The van der Waals surface area contributed by atoms with Crippen LogP contribution in [0.15, 0.2) is 37.2 Å². The van der Waals surface area contributed by atoms with E-state index in [4.69, 9.17) is 21.1 Å². The van der Waals surface area contributed by atoms with E-state index >= 15 is 0 Å². The predicted octanol–water partition coefficient (Wildman–Crippen LogP) is 4.18. The molecule has 0 radical (unpaired) electrons. The molecule has 15 heteroatoms. The Morgan fingerprint density at radius 2 is 1.81 bits per heavy atom. The number of carbonyl (C=O) groups excluding carboxylic acids is 1. The minimum atomic E-state index is -0.416. The summed E-state index contributed by atoms with van der Waals surface area (Å²) in [7, 11) is 1.50. The van der Waals surface area contributed by atoms with E-state index in [1.165, 1.54) is 19.5 Å². The number of amides is 1. The molecule has 0 bridgehead atoms. The van der Waals surface area contributed by atoms with Crippen LogP contribution in [0.1, 0.15) is 44.1 Å². The van der Waals surface area contributed by atoms with Crippen molar-refractivity contribution in [2.45, 2.75) is 56.7 Å². The third-order valence-corrected chi connectivity index (χ3v) is 7.40. The van der Waals surface area contributed by atoms with E-state index in [0.29, 0.717) is 52.3 Å². The summed E-state index contributed by atoms with van der Waals surface area (Å²) in [6.45, 7) is 0. The topological polar surface area (TPSA) is 181 Å². The van der Waals surface area contributed by atoms with Crippen molar-refractivity contribution >= 4 is 29.5 Å². The Hall–Kier alpha value is -4.90. The zero-order valence-corrected chi connectivity index (χ0v) is 23.3. The predicted molar refractivity (Wildman–Crippen MR) is 151 cm³/mol. The molecule has 0 spiro atoms. The Kier molecular flexibility index (Phi) is 7.74. The van der Waals surface area contributed by atoms with Crippen molar-refractivity contribution in [3.8, 4) is 34.7 Å². The first-order valence-electron chi connectivity index (χ1n) is 13.4. The van der Waals surface area contributed by atoms with Gasteiger partial charge in [-0.3, -0.25) is 15.0 Å². The van der Waals surface area contributed by atoms with Crippen LogP contribution in [0.2, 0.25) is 5.02 Å². The molecule has 214 valence electrons. The molecule has 4 aromatic rings. The molecule has 4 heterocycles. The molecule has 42 heavy (non-hydrogen) atoms. The Morgan fingerprint density at radius 3 is 2.43 bits per heavy atom. The zero-order chi connectivity index (χ0) is 29.1. The molecule has 0 saturated heterocycles. The van der Waals surface area contributed by atoms with Crippen LogP contribution in [0.3, 0.4) is 0 Å². The van der Waals surface area contributed by atoms with Gasteiger partial charge in [0.05, 0.1) is 48.2 Å². The van der Waals surface area contributed by atoms with Crippen LogP contribution < -0.4 is 15.0 Å². The summed E-state index contributed by atoms with van der Waals surface area (Å²) in [6.07, 6.45) is 13.5. The number of hydrogen-bond acceptors (Lipinski definition) is 12. The van der Waals surface area contributed by atoms with Crippen molar-refractivity contribution in [2.24, 2.45) is 0 Å². The molecule has 6 rings (SSSR count). The number of ether oxygens (including phenoxy) is 2. The number of carbonyl (C=O) groups is 1. The number of aromatic amines is 1. The minimum absolute atomic E-state index is 0.0483. The van der Waals surface area contributed by atoms with E-state index in [2.05, 4.69) is 51.5 Å². The van der Waals surface area contributed by atoms with Crippen LogP contribution in [0.4, 0.5) is 16.6 Å². The Labute approximate surface area is 245 Å². The molecule has 2 fully saturated rings. The lowest BCUT2D eigenvalue weighted by Gasteiger charge is -2.35. The number of aromatic nitrogens is 8. The van der Waals surface area contributed by atoms with Crippen molar-refractivity contribution in [1.29, 1.82) is 5.26 Å². The monoisotopic (exact) mass is 587 g/mol. The molecule has 2 aliphatic carbocycles. The van der Waals surface area contributed by atoms with Crippen LogP contribution in [-0.4, -0.2) is 71.5 Å². The molecule has 2 N–H and O–H groups in total. The molecule has 0 aromatic carbocycles. The molecular formula is C27H26ClN11O3. The lowest BCUT2D eigenvalue weighted by atomic mass is 9.90. The number of H-pyrrole nitrogens is 1. The van der Waals surface area contributed by atoms with Crippen LogP contribution in [0.25, 0.3) is 22.6 Å². The first-order chi connectivity index (χ1) is 20.5. The number of nitrogens with one attached hydrogen (secondary N) is 2. The van der Waals surface area contributed by atoms with Gasteiger partial charge in [-0.2, -0.15) is 10.4 Å². The van der Waals surface area contributed by atoms with E-state index in [-0.39, 0.29) is 29.8 Å². The number of anilines is 2. The summed E-state index contributed by atoms with van der Waals surface area (Å²) in [4.78, 5) is 41.0. The summed E-state index contributed by atoms with van der Waals surface area (Å²) >= 11 is 6.21. The average Bonchev–Trinajstić information content (AvgIpc) is 3.74. The summed E-state index contributed by atoms with van der Waals surface area (Å²) < 4.78 is 10.7. The van der Waals surface area contributed by atoms with Gasteiger partial charge >= 0.3 is 12.1 Å².